The zero-order valence-corrected chi connectivity index (χ0v) is 14.7. The molecule has 4 heteroatoms. The summed E-state index contributed by atoms with van der Waals surface area (Å²) in [5.41, 5.74) is 1.54. The lowest BCUT2D eigenvalue weighted by molar-refractivity contribution is 0.0684. The van der Waals surface area contributed by atoms with Gasteiger partial charge in [-0.25, -0.2) is 0 Å². The number of carbonyl (C=O) groups excluding carboxylic acids is 1. The highest BCUT2D eigenvalue weighted by Gasteiger charge is 2.24. The van der Waals surface area contributed by atoms with Gasteiger partial charge in [0.25, 0.3) is 11.5 Å². The molecule has 1 saturated heterocycles. The fraction of sp³-hybridized carbons (Fsp3) is 0.273. The van der Waals surface area contributed by atoms with Crippen molar-refractivity contribution >= 4 is 16.7 Å². The minimum absolute atomic E-state index is 0.0778. The van der Waals surface area contributed by atoms with E-state index in [1.54, 1.807) is 12.1 Å². The predicted molar refractivity (Wildman–Crippen MR) is 103 cm³/mol. The number of aromatic nitrogens is 1. The van der Waals surface area contributed by atoms with Gasteiger partial charge in [0.1, 0.15) is 5.69 Å². The highest BCUT2D eigenvalue weighted by molar-refractivity contribution is 5.96. The molecular weight excluding hydrogens is 324 g/mol. The number of benzene rings is 2. The molecular formula is C22H22N2O2. The van der Waals surface area contributed by atoms with E-state index in [-0.39, 0.29) is 11.5 Å². The molecule has 0 unspecified atom stereocenters. The number of rotatable bonds is 3. The normalized spacial score (nSPS) is 15.3. The third-order valence-corrected chi connectivity index (χ3v) is 5.25. The number of pyridine rings is 1. The summed E-state index contributed by atoms with van der Waals surface area (Å²) in [5, 5.41) is 1.42. The standard InChI is InChI=1S/C22H22N2O2/c25-21-19-9-5-4-8-18(19)15-20(23-21)22(26)24-12-10-17(11-13-24)14-16-6-2-1-3-7-16/h1-9,15,17H,10-14H2,(H,23,25). The van der Waals surface area contributed by atoms with Gasteiger partial charge in [-0.1, -0.05) is 48.5 Å². The average Bonchev–Trinajstić information content (AvgIpc) is 2.69. The molecule has 26 heavy (non-hydrogen) atoms. The second-order valence-electron chi connectivity index (χ2n) is 7.02. The maximum absolute atomic E-state index is 12.8. The minimum Gasteiger partial charge on any atom is -0.337 e. The Hall–Kier alpha value is -2.88. The van der Waals surface area contributed by atoms with Crippen LogP contribution in [0.3, 0.4) is 0 Å². The van der Waals surface area contributed by atoms with Crippen LogP contribution in [-0.4, -0.2) is 28.9 Å². The van der Waals surface area contributed by atoms with E-state index in [1.165, 1.54) is 5.56 Å². The summed E-state index contributed by atoms with van der Waals surface area (Å²) in [5.74, 6) is 0.531. The van der Waals surface area contributed by atoms with Gasteiger partial charge in [-0.2, -0.15) is 0 Å². The summed E-state index contributed by atoms with van der Waals surface area (Å²) in [7, 11) is 0. The molecule has 0 radical (unpaired) electrons. The predicted octanol–water partition coefficient (Wildman–Crippen LogP) is 3.62. The molecule has 0 saturated carbocycles. The van der Waals surface area contributed by atoms with Crippen LogP contribution in [0.4, 0.5) is 0 Å². The maximum Gasteiger partial charge on any atom is 0.270 e. The minimum atomic E-state index is -0.203. The van der Waals surface area contributed by atoms with Gasteiger partial charge in [-0.3, -0.25) is 9.59 Å². The number of fused-ring (bicyclic) bond motifs is 1. The molecule has 0 bridgehead atoms. The fourth-order valence-corrected chi connectivity index (χ4v) is 3.78. The van der Waals surface area contributed by atoms with Crippen molar-refractivity contribution in [3.8, 4) is 0 Å². The SMILES string of the molecule is O=C(c1cc2ccccc2c(=O)[nH]1)N1CCC(Cc2ccccc2)CC1. The number of nitrogens with one attached hydrogen (secondary N) is 1. The quantitative estimate of drug-likeness (QED) is 0.787. The van der Waals surface area contributed by atoms with Crippen LogP contribution in [0.25, 0.3) is 10.8 Å². The molecule has 1 N–H and O–H groups in total. The number of piperidine rings is 1. The highest BCUT2D eigenvalue weighted by atomic mass is 16.2. The molecule has 1 aliphatic heterocycles. The van der Waals surface area contributed by atoms with Crippen LogP contribution in [0, 0.1) is 5.92 Å². The summed E-state index contributed by atoms with van der Waals surface area (Å²) >= 11 is 0. The van der Waals surface area contributed by atoms with Crippen LogP contribution >= 0.6 is 0 Å². The Balaban J connectivity index is 1.44. The van der Waals surface area contributed by atoms with Crippen molar-refractivity contribution in [2.45, 2.75) is 19.3 Å². The lowest BCUT2D eigenvalue weighted by Crippen LogP contribution is -2.39. The van der Waals surface area contributed by atoms with Crippen molar-refractivity contribution in [3.63, 3.8) is 0 Å². The number of amides is 1. The average molecular weight is 346 g/mol. The Kier molecular flexibility index (Phi) is 4.57. The summed E-state index contributed by atoms with van der Waals surface area (Å²) in [6, 6.07) is 19.7. The first-order chi connectivity index (χ1) is 12.7. The third kappa shape index (κ3) is 3.40. The van der Waals surface area contributed by atoms with Gasteiger partial charge in [0.05, 0.1) is 0 Å². The number of hydrogen-bond acceptors (Lipinski definition) is 2. The molecule has 2 aromatic carbocycles. The van der Waals surface area contributed by atoms with Crippen LogP contribution < -0.4 is 5.56 Å². The van der Waals surface area contributed by atoms with E-state index in [1.807, 2.05) is 29.2 Å². The van der Waals surface area contributed by atoms with E-state index in [4.69, 9.17) is 0 Å². The number of H-pyrrole nitrogens is 1. The van der Waals surface area contributed by atoms with Gasteiger partial charge in [-0.05, 0) is 48.3 Å². The van der Waals surface area contributed by atoms with Crippen molar-refractivity contribution in [3.05, 3.63) is 82.3 Å². The third-order valence-electron chi connectivity index (χ3n) is 5.25. The van der Waals surface area contributed by atoms with Crippen LogP contribution in [0.15, 0.2) is 65.5 Å². The zero-order valence-electron chi connectivity index (χ0n) is 14.7. The Morgan fingerprint density at radius 2 is 1.69 bits per heavy atom. The summed E-state index contributed by atoms with van der Waals surface area (Å²) in [6.07, 6.45) is 3.06. The molecule has 0 spiro atoms. The van der Waals surface area contributed by atoms with Crippen LogP contribution in [0.5, 0.6) is 0 Å². The molecule has 2 heterocycles. The molecule has 1 aromatic heterocycles. The van der Waals surface area contributed by atoms with E-state index in [0.717, 1.165) is 37.7 Å². The Labute approximate surface area is 152 Å². The smallest absolute Gasteiger partial charge is 0.270 e. The highest BCUT2D eigenvalue weighted by Crippen LogP contribution is 2.23. The molecule has 4 rings (SSSR count). The molecule has 3 aromatic rings. The van der Waals surface area contributed by atoms with Crippen LogP contribution in [0.1, 0.15) is 28.9 Å². The van der Waals surface area contributed by atoms with E-state index in [9.17, 15) is 9.59 Å². The van der Waals surface area contributed by atoms with E-state index >= 15 is 0 Å². The fourth-order valence-electron chi connectivity index (χ4n) is 3.78. The lowest BCUT2D eigenvalue weighted by Gasteiger charge is -2.32. The second kappa shape index (κ2) is 7.16. The monoisotopic (exact) mass is 346 g/mol. The first-order valence-corrected chi connectivity index (χ1v) is 9.16. The number of hydrogen-bond donors (Lipinski definition) is 1. The first-order valence-electron chi connectivity index (χ1n) is 9.16. The van der Waals surface area contributed by atoms with Gasteiger partial charge in [0.2, 0.25) is 0 Å². The number of carbonyl (C=O) groups is 1. The molecule has 1 aliphatic rings. The number of likely N-dealkylation sites (tertiary alicyclic amines) is 1. The summed E-state index contributed by atoms with van der Waals surface area (Å²) < 4.78 is 0. The van der Waals surface area contributed by atoms with Gasteiger partial charge in [0.15, 0.2) is 0 Å². The lowest BCUT2D eigenvalue weighted by atomic mass is 9.90. The second-order valence-corrected chi connectivity index (χ2v) is 7.02. The van der Waals surface area contributed by atoms with E-state index in [2.05, 4.69) is 29.2 Å². The molecule has 1 fully saturated rings. The molecule has 132 valence electrons. The topological polar surface area (TPSA) is 53.2 Å². The summed E-state index contributed by atoms with van der Waals surface area (Å²) in [4.78, 5) is 29.6. The van der Waals surface area contributed by atoms with Crippen LogP contribution in [-0.2, 0) is 6.42 Å². The number of nitrogens with zero attached hydrogens (tertiary/aromatic N) is 1. The van der Waals surface area contributed by atoms with Gasteiger partial charge >= 0.3 is 0 Å². The van der Waals surface area contributed by atoms with Gasteiger partial charge in [-0.15, -0.1) is 0 Å². The number of aromatic amines is 1. The molecule has 4 nitrogen and oxygen atoms in total. The maximum atomic E-state index is 12.8. The Bertz CT molecular complexity index is 970. The zero-order chi connectivity index (χ0) is 17.9. The molecule has 0 aliphatic carbocycles. The summed E-state index contributed by atoms with van der Waals surface area (Å²) in [6.45, 7) is 1.48. The largest absolute Gasteiger partial charge is 0.337 e. The van der Waals surface area contributed by atoms with Crippen molar-refractivity contribution in [2.24, 2.45) is 5.92 Å². The van der Waals surface area contributed by atoms with Gasteiger partial charge in [0, 0.05) is 18.5 Å². The molecule has 0 atom stereocenters. The van der Waals surface area contributed by atoms with Crippen molar-refractivity contribution in [1.29, 1.82) is 0 Å². The molecule has 1 amide bonds. The van der Waals surface area contributed by atoms with Crippen molar-refractivity contribution < 1.29 is 4.79 Å². The van der Waals surface area contributed by atoms with Crippen molar-refractivity contribution in [2.75, 3.05) is 13.1 Å². The Morgan fingerprint density at radius 3 is 2.46 bits per heavy atom. The van der Waals surface area contributed by atoms with E-state index < -0.39 is 0 Å². The van der Waals surface area contributed by atoms with Gasteiger partial charge < -0.3 is 9.88 Å². The Morgan fingerprint density at radius 1 is 1.00 bits per heavy atom. The van der Waals surface area contributed by atoms with Crippen LogP contribution in [0.2, 0.25) is 0 Å². The van der Waals surface area contributed by atoms with E-state index in [0.29, 0.717) is 17.0 Å². The first kappa shape index (κ1) is 16.6. The van der Waals surface area contributed by atoms with Crippen molar-refractivity contribution in [1.82, 2.24) is 9.88 Å².